The van der Waals surface area contributed by atoms with Crippen molar-refractivity contribution in [1.82, 2.24) is 25.4 Å². The van der Waals surface area contributed by atoms with Crippen LogP contribution in [0.15, 0.2) is 79.0 Å². The third-order valence-electron chi connectivity index (χ3n) is 10.4. The minimum absolute atomic E-state index is 0.0355. The van der Waals surface area contributed by atoms with E-state index in [0.717, 1.165) is 87.5 Å². The van der Waals surface area contributed by atoms with Crippen molar-refractivity contribution in [2.75, 3.05) is 25.5 Å². The van der Waals surface area contributed by atoms with Crippen molar-refractivity contribution < 1.29 is 41.8 Å². The number of fused-ring (bicyclic) bond motifs is 2. The third-order valence-corrected chi connectivity index (χ3v) is 10.4. The van der Waals surface area contributed by atoms with Gasteiger partial charge < -0.3 is 20.1 Å². The number of carbonyl (C=O) groups is 4. The fourth-order valence-corrected chi connectivity index (χ4v) is 7.38. The van der Waals surface area contributed by atoms with Crippen LogP contribution in [0.5, 0.6) is 17.2 Å². The molecule has 12 nitrogen and oxygen atoms in total. The number of aryl methyl sites for hydroxylation is 1. The van der Waals surface area contributed by atoms with E-state index < -0.39 is 35.4 Å². The number of pyridine rings is 1. The number of hydrogen-bond acceptors (Lipinski definition) is 9. The number of halogens is 3. The number of carbonyl (C=O) groups excluding carboxylic acids is 4. The van der Waals surface area contributed by atoms with Crippen molar-refractivity contribution in [3.05, 3.63) is 107 Å². The van der Waals surface area contributed by atoms with Gasteiger partial charge in [-0.2, -0.15) is 18.3 Å². The summed E-state index contributed by atoms with van der Waals surface area (Å²) in [4.78, 5) is 52.7. The first-order valence-electron chi connectivity index (χ1n) is 18.9. The van der Waals surface area contributed by atoms with Crippen molar-refractivity contribution in [2.24, 2.45) is 5.92 Å². The molecule has 3 amide bonds. The van der Waals surface area contributed by atoms with E-state index in [0.29, 0.717) is 28.6 Å². The van der Waals surface area contributed by atoms with Crippen LogP contribution in [-0.4, -0.2) is 58.5 Å². The molecule has 5 aromatic rings. The number of Topliss-reactive ketones (excluding diaryl/α,β-unsaturated/α-hetero) is 1. The SMILES string of the molecule is COc1cc2nn([C@H]3CC[C@H](CNCCCCCc4cccc(Oc5cccc6c5C(=O)NC(=O)C6=O)c4)CC3)cc2cc1NC(=O)c1cccc(C(F)(F)F)n1. The average molecular weight is 783 g/mol. The summed E-state index contributed by atoms with van der Waals surface area (Å²) in [6.07, 6.45) is 5.31. The van der Waals surface area contributed by atoms with Gasteiger partial charge in [0.15, 0.2) is 0 Å². The number of alkyl halides is 3. The number of nitrogens with one attached hydrogen (secondary N) is 3. The van der Waals surface area contributed by atoms with E-state index in [4.69, 9.17) is 14.6 Å². The van der Waals surface area contributed by atoms with Gasteiger partial charge >= 0.3 is 6.18 Å². The van der Waals surface area contributed by atoms with Gasteiger partial charge in [-0.15, -0.1) is 0 Å². The molecule has 0 radical (unpaired) electrons. The number of hydrogen-bond donors (Lipinski definition) is 3. The highest BCUT2D eigenvalue weighted by Crippen LogP contribution is 2.36. The highest BCUT2D eigenvalue weighted by atomic mass is 19.4. The lowest BCUT2D eigenvalue weighted by Crippen LogP contribution is -2.42. The zero-order valence-corrected chi connectivity index (χ0v) is 31.2. The molecule has 0 unspecified atom stereocenters. The van der Waals surface area contributed by atoms with Gasteiger partial charge in [0.25, 0.3) is 23.5 Å². The Labute approximate surface area is 326 Å². The second-order valence-electron chi connectivity index (χ2n) is 14.3. The summed E-state index contributed by atoms with van der Waals surface area (Å²) in [7, 11) is 1.45. The fraction of sp³-hybridized carbons (Fsp3) is 0.333. The second kappa shape index (κ2) is 17.0. The molecule has 1 aliphatic heterocycles. The van der Waals surface area contributed by atoms with Crippen molar-refractivity contribution >= 4 is 40.1 Å². The molecular formula is C42H41F3N6O6. The number of ether oxygens (including phenoxy) is 2. The van der Waals surface area contributed by atoms with Gasteiger partial charge in [-0.3, -0.25) is 29.2 Å². The van der Waals surface area contributed by atoms with Gasteiger partial charge in [0.05, 0.1) is 29.9 Å². The van der Waals surface area contributed by atoms with E-state index in [2.05, 4.69) is 20.9 Å². The van der Waals surface area contributed by atoms with Crippen molar-refractivity contribution in [3.8, 4) is 17.2 Å². The summed E-state index contributed by atoms with van der Waals surface area (Å²) in [5.74, 6) is -1.48. The van der Waals surface area contributed by atoms with E-state index in [1.807, 2.05) is 29.1 Å². The van der Waals surface area contributed by atoms with E-state index >= 15 is 0 Å². The number of aromatic nitrogens is 3. The summed E-state index contributed by atoms with van der Waals surface area (Å²) in [5.41, 5.74) is 0.686. The van der Waals surface area contributed by atoms with Crippen LogP contribution >= 0.6 is 0 Å². The van der Waals surface area contributed by atoms with Gasteiger partial charge in [-0.25, -0.2) is 4.98 Å². The normalized spacial score (nSPS) is 16.9. The Bertz CT molecular complexity index is 2320. The molecule has 3 heterocycles. The number of amides is 3. The minimum atomic E-state index is -4.67. The summed E-state index contributed by atoms with van der Waals surface area (Å²) in [5, 5.41) is 13.9. The number of benzene rings is 3. The van der Waals surface area contributed by atoms with Crippen LogP contribution in [0.3, 0.4) is 0 Å². The van der Waals surface area contributed by atoms with E-state index in [1.54, 1.807) is 30.3 Å². The zero-order chi connectivity index (χ0) is 40.1. The zero-order valence-electron chi connectivity index (χ0n) is 31.2. The highest BCUT2D eigenvalue weighted by molar-refractivity contribution is 6.49. The lowest BCUT2D eigenvalue weighted by atomic mass is 9.86. The number of nitrogens with zero attached hydrogens (tertiary/aromatic N) is 3. The lowest BCUT2D eigenvalue weighted by Gasteiger charge is -2.28. The molecular weight excluding hydrogens is 741 g/mol. The maximum absolute atomic E-state index is 13.1. The van der Waals surface area contributed by atoms with Crippen molar-refractivity contribution in [3.63, 3.8) is 0 Å². The smallest absolute Gasteiger partial charge is 0.433 e. The molecule has 2 aliphatic rings. The Morgan fingerprint density at radius 3 is 2.49 bits per heavy atom. The molecule has 296 valence electrons. The molecule has 57 heavy (non-hydrogen) atoms. The van der Waals surface area contributed by atoms with Crippen LogP contribution < -0.4 is 25.4 Å². The van der Waals surface area contributed by atoms with Crippen LogP contribution in [0.2, 0.25) is 0 Å². The first-order valence-corrected chi connectivity index (χ1v) is 18.9. The van der Waals surface area contributed by atoms with E-state index in [-0.39, 0.29) is 28.6 Å². The standard InChI is InChI=1S/C42H41F3N6O6/c1-56-35-22-32-27(21-33(35)48-39(53)31-12-7-14-36(47-31)42(43,44)45)24-51(50-32)28-17-15-26(16-18-28)23-46-19-4-2-3-8-25-9-5-10-29(20-25)57-34-13-6-11-30-37(34)40(54)49-41(55)38(30)52/h5-7,9-14,20-22,24,26,28,46H,2-4,8,15-19,23H2,1H3,(H,48,53)(H,49,54,55)/t26-,28-. The second-order valence-corrected chi connectivity index (χ2v) is 14.3. The molecule has 0 spiro atoms. The Kier molecular flexibility index (Phi) is 11.6. The Balaban J connectivity index is 0.832. The minimum Gasteiger partial charge on any atom is -0.494 e. The molecule has 1 aliphatic carbocycles. The molecule has 0 atom stereocenters. The van der Waals surface area contributed by atoms with Crippen LogP contribution in [-0.2, 0) is 17.4 Å². The molecule has 3 N–H and O–H groups in total. The Hall–Kier alpha value is -6.09. The Morgan fingerprint density at radius 2 is 1.70 bits per heavy atom. The fourth-order valence-electron chi connectivity index (χ4n) is 7.38. The molecule has 2 aromatic heterocycles. The van der Waals surface area contributed by atoms with Gasteiger partial charge in [0.2, 0.25) is 0 Å². The summed E-state index contributed by atoms with van der Waals surface area (Å²) < 4.78 is 52.8. The summed E-state index contributed by atoms with van der Waals surface area (Å²) in [6, 6.07) is 19.1. The number of methoxy groups -OCH3 is 1. The van der Waals surface area contributed by atoms with Crippen LogP contribution in [0, 0.1) is 5.92 Å². The number of imide groups is 1. The van der Waals surface area contributed by atoms with Crippen LogP contribution in [0.4, 0.5) is 18.9 Å². The van der Waals surface area contributed by atoms with Gasteiger partial charge in [-0.1, -0.05) is 30.7 Å². The quantitative estimate of drug-likeness (QED) is 0.0585. The monoisotopic (exact) mass is 782 g/mol. The topological polar surface area (TPSA) is 154 Å². The largest absolute Gasteiger partial charge is 0.494 e. The van der Waals surface area contributed by atoms with E-state index in [9.17, 15) is 32.3 Å². The van der Waals surface area contributed by atoms with E-state index in [1.165, 1.54) is 19.2 Å². The summed E-state index contributed by atoms with van der Waals surface area (Å²) >= 11 is 0. The number of rotatable bonds is 14. The maximum Gasteiger partial charge on any atom is 0.433 e. The first kappa shape index (κ1) is 39.2. The lowest BCUT2D eigenvalue weighted by molar-refractivity contribution is -0.141. The molecule has 3 aromatic carbocycles. The number of ketones is 1. The van der Waals surface area contributed by atoms with Crippen molar-refractivity contribution in [1.29, 1.82) is 0 Å². The highest BCUT2D eigenvalue weighted by Gasteiger charge is 2.34. The molecule has 15 heteroatoms. The molecule has 0 bridgehead atoms. The third kappa shape index (κ3) is 9.15. The number of unbranched alkanes of at least 4 members (excludes halogenated alkanes) is 2. The maximum atomic E-state index is 13.1. The van der Waals surface area contributed by atoms with Gasteiger partial charge in [-0.05, 0) is 112 Å². The average Bonchev–Trinajstić information content (AvgIpc) is 3.62. The molecule has 1 fully saturated rings. The van der Waals surface area contributed by atoms with Crippen LogP contribution in [0.25, 0.3) is 10.9 Å². The molecule has 7 rings (SSSR count). The molecule has 1 saturated carbocycles. The Morgan fingerprint density at radius 1 is 0.912 bits per heavy atom. The van der Waals surface area contributed by atoms with Crippen LogP contribution in [0.1, 0.15) is 93.4 Å². The first-order chi connectivity index (χ1) is 27.5. The van der Waals surface area contributed by atoms with Gasteiger partial charge in [0.1, 0.15) is 28.6 Å². The number of anilines is 1. The van der Waals surface area contributed by atoms with Crippen molar-refractivity contribution in [2.45, 2.75) is 63.6 Å². The summed E-state index contributed by atoms with van der Waals surface area (Å²) in [6.45, 7) is 1.88. The predicted octanol–water partition coefficient (Wildman–Crippen LogP) is 7.69. The molecule has 0 saturated heterocycles. The van der Waals surface area contributed by atoms with Gasteiger partial charge in [0, 0.05) is 23.2 Å². The predicted molar refractivity (Wildman–Crippen MR) is 205 cm³/mol.